The van der Waals surface area contributed by atoms with E-state index in [-0.39, 0.29) is 12.7 Å². The van der Waals surface area contributed by atoms with Crippen LogP contribution in [0.2, 0.25) is 0 Å². The van der Waals surface area contributed by atoms with Crippen molar-refractivity contribution in [3.05, 3.63) is 68.7 Å². The number of ether oxygens (including phenoxy) is 2. The third kappa shape index (κ3) is 6.01. The maximum absolute atomic E-state index is 13.5. The summed E-state index contributed by atoms with van der Waals surface area (Å²) in [4.78, 5) is 32.5. The van der Waals surface area contributed by atoms with Crippen LogP contribution in [-0.2, 0) is 23.2 Å². The van der Waals surface area contributed by atoms with Gasteiger partial charge < -0.3 is 24.1 Å². The lowest BCUT2D eigenvalue weighted by Crippen LogP contribution is -2.50. The van der Waals surface area contributed by atoms with Crippen molar-refractivity contribution in [2.24, 2.45) is 0 Å². The molecule has 0 atom stereocenters. The van der Waals surface area contributed by atoms with Gasteiger partial charge in [-0.25, -0.2) is 9.78 Å². The largest absolute Gasteiger partial charge is 0.496 e. The monoisotopic (exact) mass is 557 g/mol. The molecule has 39 heavy (non-hydrogen) atoms. The lowest BCUT2D eigenvalue weighted by molar-refractivity contribution is 0.0140. The molecule has 0 saturated carbocycles. The standard InChI is InChI=1S/C23H25N3O5S.C5H10O2/c1-14-17-20(28)26(23(2,3)13-27)22(29)25(11-9-15-7-5-6-8-16(15)30-4)21(17)32-18(14)19-24-10-12-31-19;6-5-1-3-7-4-2-5/h5-8,10,12,27H,9,11,13H2,1-4H3;5-6H,1-4H2. The fourth-order valence-electron chi connectivity index (χ4n) is 4.51. The summed E-state index contributed by atoms with van der Waals surface area (Å²) in [6.45, 7) is 6.62. The lowest BCUT2D eigenvalue weighted by Gasteiger charge is -2.25. The molecule has 1 aliphatic rings. The molecule has 1 aliphatic heterocycles. The lowest BCUT2D eigenvalue weighted by atomic mass is 10.1. The van der Waals surface area contributed by atoms with Crippen LogP contribution in [0.15, 0.2) is 50.7 Å². The highest BCUT2D eigenvalue weighted by molar-refractivity contribution is 7.22. The van der Waals surface area contributed by atoms with Gasteiger partial charge in [-0.2, -0.15) is 0 Å². The molecule has 1 fully saturated rings. The Balaban J connectivity index is 0.000000438. The first-order chi connectivity index (χ1) is 18.7. The predicted octanol–water partition coefficient (Wildman–Crippen LogP) is 3.32. The fourth-order valence-corrected chi connectivity index (χ4v) is 5.77. The van der Waals surface area contributed by atoms with E-state index >= 15 is 0 Å². The smallest absolute Gasteiger partial charge is 0.332 e. The maximum atomic E-state index is 13.5. The molecule has 4 aromatic rings. The zero-order valence-corrected chi connectivity index (χ0v) is 23.5. The van der Waals surface area contributed by atoms with Gasteiger partial charge in [0.1, 0.15) is 16.8 Å². The van der Waals surface area contributed by atoms with Crippen molar-refractivity contribution in [3.63, 3.8) is 0 Å². The first-order valence-corrected chi connectivity index (χ1v) is 13.7. The van der Waals surface area contributed by atoms with E-state index in [0.29, 0.717) is 39.5 Å². The molecule has 10 nitrogen and oxygen atoms in total. The SMILES string of the molecule is COc1ccccc1CCn1c(=O)n(C(C)(C)CO)c(=O)c2c(C)c(-c3ncco3)sc21.OC1CCOCC1. The van der Waals surface area contributed by atoms with Gasteiger partial charge in [0, 0.05) is 19.8 Å². The molecular formula is C28H35N3O7S. The molecule has 0 unspecified atom stereocenters. The molecule has 210 valence electrons. The molecule has 0 amide bonds. The van der Waals surface area contributed by atoms with E-state index in [1.165, 1.54) is 17.6 Å². The van der Waals surface area contributed by atoms with Crippen molar-refractivity contribution in [2.45, 2.75) is 58.2 Å². The van der Waals surface area contributed by atoms with Gasteiger partial charge in [0.25, 0.3) is 5.56 Å². The first-order valence-electron chi connectivity index (χ1n) is 12.9. The number of thiophene rings is 1. The Labute approximate surface area is 230 Å². The van der Waals surface area contributed by atoms with Crippen LogP contribution in [0.3, 0.4) is 0 Å². The van der Waals surface area contributed by atoms with Crippen molar-refractivity contribution < 1.29 is 24.1 Å². The highest BCUT2D eigenvalue weighted by Gasteiger charge is 2.29. The second-order valence-electron chi connectivity index (χ2n) is 10.0. The Morgan fingerprint density at radius 3 is 2.51 bits per heavy atom. The van der Waals surface area contributed by atoms with Crippen LogP contribution in [-0.4, -0.2) is 57.4 Å². The van der Waals surface area contributed by atoms with Gasteiger partial charge in [0.05, 0.1) is 41.8 Å². The maximum Gasteiger partial charge on any atom is 0.332 e. The summed E-state index contributed by atoms with van der Waals surface area (Å²) in [5.74, 6) is 1.14. The summed E-state index contributed by atoms with van der Waals surface area (Å²) in [5, 5.41) is 19.2. The summed E-state index contributed by atoms with van der Waals surface area (Å²) < 4.78 is 18.6. The summed E-state index contributed by atoms with van der Waals surface area (Å²) >= 11 is 1.31. The zero-order chi connectivity index (χ0) is 28.2. The number of hydrogen-bond acceptors (Lipinski definition) is 9. The van der Waals surface area contributed by atoms with Crippen LogP contribution in [0.5, 0.6) is 5.75 Å². The number of aliphatic hydroxyl groups is 2. The van der Waals surface area contributed by atoms with Gasteiger partial charge in [-0.05, 0) is 57.2 Å². The Bertz CT molecular complexity index is 1510. The topological polar surface area (TPSA) is 129 Å². The van der Waals surface area contributed by atoms with E-state index < -0.39 is 16.8 Å². The molecule has 5 rings (SSSR count). The summed E-state index contributed by atoms with van der Waals surface area (Å²) in [6.07, 6.45) is 5.10. The number of para-hydroxylation sites is 1. The molecule has 2 N–H and O–H groups in total. The van der Waals surface area contributed by atoms with Gasteiger partial charge in [-0.3, -0.25) is 13.9 Å². The number of aryl methyl sites for hydroxylation is 3. The van der Waals surface area contributed by atoms with Crippen LogP contribution in [0, 0.1) is 6.92 Å². The Kier molecular flexibility index (Phi) is 9.06. The minimum Gasteiger partial charge on any atom is -0.496 e. The highest BCUT2D eigenvalue weighted by Crippen LogP contribution is 2.35. The number of nitrogens with zero attached hydrogens (tertiary/aromatic N) is 3. The van der Waals surface area contributed by atoms with Gasteiger partial charge in [0.2, 0.25) is 5.89 Å². The van der Waals surface area contributed by atoms with Crippen molar-refractivity contribution >= 4 is 21.6 Å². The molecule has 4 heterocycles. The molecule has 0 radical (unpaired) electrons. The van der Waals surface area contributed by atoms with Crippen LogP contribution in [0.25, 0.3) is 21.0 Å². The number of hydrogen-bond donors (Lipinski definition) is 2. The van der Waals surface area contributed by atoms with Gasteiger partial charge in [-0.1, -0.05) is 18.2 Å². The normalized spacial score (nSPS) is 14.3. The van der Waals surface area contributed by atoms with Crippen LogP contribution < -0.4 is 16.0 Å². The summed E-state index contributed by atoms with van der Waals surface area (Å²) in [7, 11) is 1.61. The van der Waals surface area contributed by atoms with E-state index in [0.717, 1.165) is 41.9 Å². The third-order valence-corrected chi connectivity index (χ3v) is 8.12. The van der Waals surface area contributed by atoms with Gasteiger partial charge in [0.15, 0.2) is 0 Å². The van der Waals surface area contributed by atoms with Crippen molar-refractivity contribution in [1.29, 1.82) is 0 Å². The average molecular weight is 558 g/mol. The Morgan fingerprint density at radius 1 is 1.21 bits per heavy atom. The van der Waals surface area contributed by atoms with E-state index in [2.05, 4.69) is 4.98 Å². The summed E-state index contributed by atoms with van der Waals surface area (Å²) in [5.41, 5.74) is -0.298. The predicted molar refractivity (Wildman–Crippen MR) is 150 cm³/mol. The number of rotatable bonds is 7. The molecular weight excluding hydrogens is 522 g/mol. The van der Waals surface area contributed by atoms with Gasteiger partial charge in [-0.15, -0.1) is 11.3 Å². The number of benzene rings is 1. The van der Waals surface area contributed by atoms with Crippen LogP contribution >= 0.6 is 11.3 Å². The second-order valence-corrected chi connectivity index (χ2v) is 11.0. The van der Waals surface area contributed by atoms with E-state index in [1.54, 1.807) is 31.7 Å². The number of aromatic nitrogens is 3. The number of oxazole rings is 1. The quantitative estimate of drug-likeness (QED) is 0.354. The van der Waals surface area contributed by atoms with Crippen molar-refractivity contribution in [1.82, 2.24) is 14.1 Å². The Morgan fingerprint density at radius 2 is 1.92 bits per heavy atom. The minimum atomic E-state index is -1.06. The second kappa shape index (κ2) is 12.3. The third-order valence-electron chi connectivity index (χ3n) is 6.82. The summed E-state index contributed by atoms with van der Waals surface area (Å²) in [6, 6.07) is 7.63. The van der Waals surface area contributed by atoms with E-state index in [9.17, 15) is 14.7 Å². The molecule has 0 bridgehead atoms. The molecule has 0 aliphatic carbocycles. The molecule has 0 spiro atoms. The number of aliphatic hydroxyl groups excluding tert-OH is 2. The van der Waals surface area contributed by atoms with Gasteiger partial charge >= 0.3 is 5.69 Å². The first kappa shape index (κ1) is 28.8. The number of fused-ring (bicyclic) bond motifs is 1. The van der Waals surface area contributed by atoms with Crippen LogP contribution in [0.4, 0.5) is 0 Å². The zero-order valence-electron chi connectivity index (χ0n) is 22.7. The Hall–Kier alpha value is -3.25. The molecule has 1 aromatic carbocycles. The fraction of sp³-hybridized carbons (Fsp3) is 0.464. The average Bonchev–Trinajstić information content (AvgIpc) is 3.58. The van der Waals surface area contributed by atoms with Crippen molar-refractivity contribution in [3.8, 4) is 16.5 Å². The minimum absolute atomic E-state index is 0.0891. The molecule has 1 saturated heterocycles. The van der Waals surface area contributed by atoms with E-state index in [4.69, 9.17) is 19.0 Å². The van der Waals surface area contributed by atoms with E-state index in [1.807, 2.05) is 31.2 Å². The highest BCUT2D eigenvalue weighted by atomic mass is 32.1. The molecule has 3 aromatic heterocycles. The van der Waals surface area contributed by atoms with Crippen LogP contribution in [0.1, 0.15) is 37.8 Å². The number of methoxy groups -OCH3 is 1. The molecule has 11 heteroatoms. The van der Waals surface area contributed by atoms with Crippen molar-refractivity contribution in [2.75, 3.05) is 26.9 Å².